The van der Waals surface area contributed by atoms with E-state index in [1.807, 2.05) is 0 Å². The number of aromatic amines is 1. The van der Waals surface area contributed by atoms with E-state index in [-0.39, 0.29) is 32.0 Å². The molecule has 2 aliphatic rings. The second kappa shape index (κ2) is 7.80. The number of nitrogens with one attached hydrogen (secondary N) is 2. The Morgan fingerprint density at radius 3 is 2.52 bits per heavy atom. The topological polar surface area (TPSA) is 99.3 Å². The highest BCUT2D eigenvalue weighted by molar-refractivity contribution is 7.91. The first-order valence-electron chi connectivity index (χ1n) is 9.39. The molecule has 1 aliphatic heterocycles. The second-order valence-corrected chi connectivity index (χ2v) is 9.92. The predicted octanol–water partition coefficient (Wildman–Crippen LogP) is 4.08. The summed E-state index contributed by atoms with van der Waals surface area (Å²) < 4.78 is 27.2. The molecule has 2 aromatic rings. The molecule has 2 heterocycles. The van der Waals surface area contributed by atoms with Gasteiger partial charge in [0, 0.05) is 29.4 Å². The Kier molecular flexibility index (Phi) is 5.50. The Bertz CT molecular complexity index is 1100. The Morgan fingerprint density at radius 1 is 1.14 bits per heavy atom. The number of rotatable bonds is 4. The Morgan fingerprint density at radius 2 is 1.83 bits per heavy atom. The van der Waals surface area contributed by atoms with Crippen molar-refractivity contribution in [2.24, 2.45) is 0 Å². The molecule has 1 aromatic carbocycles. The maximum Gasteiger partial charge on any atom is 0.331 e. The molecule has 1 aliphatic carbocycles. The summed E-state index contributed by atoms with van der Waals surface area (Å²) in [6, 6.07) is 4.16. The molecule has 154 valence electrons. The zero-order valence-corrected chi connectivity index (χ0v) is 17.8. The van der Waals surface area contributed by atoms with E-state index in [4.69, 9.17) is 23.2 Å². The molecule has 1 unspecified atom stereocenters. The van der Waals surface area contributed by atoms with E-state index in [0.29, 0.717) is 12.1 Å². The van der Waals surface area contributed by atoms with Crippen LogP contribution >= 0.6 is 23.2 Å². The average Bonchev–Trinajstić information content (AvgIpc) is 3.08. The van der Waals surface area contributed by atoms with Gasteiger partial charge in [-0.1, -0.05) is 35.3 Å². The monoisotopic (exact) mass is 454 g/mol. The van der Waals surface area contributed by atoms with Gasteiger partial charge in [0.05, 0.1) is 10.0 Å². The van der Waals surface area contributed by atoms with Crippen molar-refractivity contribution >= 4 is 39.0 Å². The highest BCUT2D eigenvalue weighted by Gasteiger charge is 2.36. The summed E-state index contributed by atoms with van der Waals surface area (Å²) in [6.45, 7) is 0.360. The molecule has 1 atom stereocenters. The third-order valence-corrected chi connectivity index (χ3v) is 8.21. The zero-order chi connectivity index (χ0) is 20.8. The average molecular weight is 455 g/mol. The second-order valence-electron chi connectivity index (χ2n) is 7.29. The van der Waals surface area contributed by atoms with E-state index in [1.54, 1.807) is 12.1 Å². The number of fused-ring (bicyclic) bond motifs is 1. The molecule has 1 aromatic heterocycles. The van der Waals surface area contributed by atoms with Gasteiger partial charge in [0.15, 0.2) is 0 Å². The highest BCUT2D eigenvalue weighted by Crippen LogP contribution is 2.41. The van der Waals surface area contributed by atoms with Gasteiger partial charge < -0.3 is 15.4 Å². The zero-order valence-electron chi connectivity index (χ0n) is 15.5. The quantitative estimate of drug-likeness (QED) is 0.646. The van der Waals surface area contributed by atoms with Crippen LogP contribution in [0.2, 0.25) is 10.0 Å². The number of hydrogen-bond donors (Lipinski definition) is 3. The van der Waals surface area contributed by atoms with Crippen molar-refractivity contribution in [3.05, 3.63) is 56.7 Å². The van der Waals surface area contributed by atoms with Crippen LogP contribution in [0.1, 0.15) is 42.1 Å². The Hall–Kier alpha value is -1.80. The van der Waals surface area contributed by atoms with Crippen molar-refractivity contribution in [2.45, 2.75) is 48.1 Å². The Balaban J connectivity index is 1.90. The predicted molar refractivity (Wildman–Crippen MR) is 110 cm³/mol. The summed E-state index contributed by atoms with van der Waals surface area (Å²) in [5, 5.41) is 12.8. The number of carbonyl (C=O) groups is 1. The van der Waals surface area contributed by atoms with Gasteiger partial charge in [-0.2, -0.15) is 0 Å². The van der Waals surface area contributed by atoms with E-state index in [1.165, 1.54) is 12.1 Å². The number of aryl methyl sites for hydroxylation is 1. The van der Waals surface area contributed by atoms with Crippen LogP contribution in [0.4, 0.5) is 0 Å². The molecule has 4 rings (SSSR count). The van der Waals surface area contributed by atoms with E-state index in [9.17, 15) is 18.3 Å². The van der Waals surface area contributed by atoms with Gasteiger partial charge in [-0.3, -0.25) is 0 Å². The number of sulfone groups is 1. The van der Waals surface area contributed by atoms with Crippen molar-refractivity contribution in [3.63, 3.8) is 0 Å². The molecule has 0 radical (unpaired) electrons. The van der Waals surface area contributed by atoms with E-state index in [2.05, 4.69) is 10.3 Å². The lowest BCUT2D eigenvalue weighted by atomic mass is 9.89. The number of aliphatic carboxylic acids is 1. The third kappa shape index (κ3) is 3.61. The van der Waals surface area contributed by atoms with Crippen molar-refractivity contribution in [3.8, 4) is 0 Å². The van der Waals surface area contributed by atoms with Crippen LogP contribution in [0.15, 0.2) is 39.8 Å². The van der Waals surface area contributed by atoms with Gasteiger partial charge in [-0.05, 0) is 49.8 Å². The van der Waals surface area contributed by atoms with Crippen LogP contribution in [0.3, 0.4) is 0 Å². The van der Waals surface area contributed by atoms with Gasteiger partial charge in [-0.25, -0.2) is 13.2 Å². The lowest BCUT2D eigenvalue weighted by Crippen LogP contribution is -2.29. The number of benzene rings is 1. The molecule has 6 nitrogen and oxygen atoms in total. The summed E-state index contributed by atoms with van der Waals surface area (Å²) >= 11 is 12.4. The van der Waals surface area contributed by atoms with E-state index < -0.39 is 21.8 Å². The first-order chi connectivity index (χ1) is 13.8. The maximum absolute atomic E-state index is 13.6. The fourth-order valence-corrected chi connectivity index (χ4v) is 6.86. The van der Waals surface area contributed by atoms with Gasteiger partial charge in [0.2, 0.25) is 9.84 Å². The number of carboxylic acids is 1. The van der Waals surface area contributed by atoms with Crippen molar-refractivity contribution in [2.75, 3.05) is 6.54 Å². The molecule has 0 saturated carbocycles. The van der Waals surface area contributed by atoms with Crippen molar-refractivity contribution in [1.82, 2.24) is 10.3 Å². The molecule has 3 N–H and O–H groups in total. The number of hydrogen-bond acceptors (Lipinski definition) is 4. The smallest absolute Gasteiger partial charge is 0.331 e. The molecule has 0 spiro atoms. The minimum absolute atomic E-state index is 0.0544. The standard InChI is InChI=1S/C20H20Cl2N2O4S/c21-13-5-3-6-14(22)18(13)29(27,28)19-17(12-4-1-2-7-15(12)24-19)16-10-11(20(25)26)8-9-23-16/h3,5-6,8,16,23-24H,1-2,4,7,9-10H2,(H,25,26). The number of halogens is 2. The molecule has 0 amide bonds. The summed E-state index contributed by atoms with van der Waals surface area (Å²) in [5.41, 5.74) is 2.74. The minimum atomic E-state index is -4.04. The Labute approximate surface area is 178 Å². The minimum Gasteiger partial charge on any atom is -0.478 e. The van der Waals surface area contributed by atoms with E-state index in [0.717, 1.165) is 36.9 Å². The first kappa shape index (κ1) is 20.5. The fraction of sp³-hybridized carbons (Fsp3) is 0.350. The van der Waals surface area contributed by atoms with Crippen LogP contribution in [-0.2, 0) is 27.5 Å². The third-order valence-electron chi connectivity index (χ3n) is 5.52. The van der Waals surface area contributed by atoms with Crippen LogP contribution in [0.25, 0.3) is 0 Å². The maximum atomic E-state index is 13.6. The summed E-state index contributed by atoms with van der Waals surface area (Å²) in [7, 11) is -4.04. The van der Waals surface area contributed by atoms with Gasteiger partial charge in [0.25, 0.3) is 0 Å². The van der Waals surface area contributed by atoms with Gasteiger partial charge in [0.1, 0.15) is 9.92 Å². The number of carboxylic acid groups (broad SMARTS) is 1. The lowest BCUT2D eigenvalue weighted by molar-refractivity contribution is -0.133. The number of aromatic nitrogens is 1. The SMILES string of the molecule is O=C(O)C1=CCNC(c2c(S(=O)(=O)c3c(Cl)cccc3Cl)[nH]c3c2CCCC3)C1. The molecule has 0 fully saturated rings. The molecule has 0 saturated heterocycles. The van der Waals surface area contributed by atoms with Crippen LogP contribution in [-0.4, -0.2) is 31.0 Å². The van der Waals surface area contributed by atoms with Gasteiger partial charge >= 0.3 is 5.97 Å². The largest absolute Gasteiger partial charge is 0.478 e. The summed E-state index contributed by atoms with van der Waals surface area (Å²) in [5.74, 6) is -0.987. The van der Waals surface area contributed by atoms with Crippen molar-refractivity contribution < 1.29 is 18.3 Å². The highest BCUT2D eigenvalue weighted by atomic mass is 35.5. The molecule has 29 heavy (non-hydrogen) atoms. The summed E-state index contributed by atoms with van der Waals surface area (Å²) in [4.78, 5) is 14.5. The fourth-order valence-electron chi connectivity index (χ4n) is 4.18. The summed E-state index contributed by atoms with van der Waals surface area (Å²) in [6.07, 6.45) is 5.26. The van der Waals surface area contributed by atoms with Crippen molar-refractivity contribution in [1.29, 1.82) is 0 Å². The molecule has 9 heteroatoms. The molecular formula is C20H20Cl2N2O4S. The number of H-pyrrole nitrogens is 1. The lowest BCUT2D eigenvalue weighted by Gasteiger charge is -2.25. The normalized spacial score (nSPS) is 19.5. The van der Waals surface area contributed by atoms with E-state index >= 15 is 0 Å². The van der Waals surface area contributed by atoms with Gasteiger partial charge in [-0.15, -0.1) is 0 Å². The molecule has 0 bridgehead atoms. The first-order valence-corrected chi connectivity index (χ1v) is 11.6. The molecular weight excluding hydrogens is 435 g/mol. The van der Waals surface area contributed by atoms with Crippen LogP contribution in [0.5, 0.6) is 0 Å². The van der Waals surface area contributed by atoms with Crippen LogP contribution in [0, 0.1) is 0 Å². The van der Waals surface area contributed by atoms with Crippen LogP contribution < -0.4 is 5.32 Å².